The Morgan fingerprint density at radius 2 is 1.88 bits per heavy atom. The third-order valence-electron chi connectivity index (χ3n) is 4.74. The molecule has 1 aliphatic rings. The van der Waals surface area contributed by atoms with Crippen molar-refractivity contribution in [1.29, 1.82) is 0 Å². The zero-order chi connectivity index (χ0) is 24.0. The summed E-state index contributed by atoms with van der Waals surface area (Å²) in [7, 11) is 0. The number of amides is 1. The van der Waals surface area contributed by atoms with Crippen LogP contribution in [0.2, 0.25) is 5.02 Å². The second-order valence-electron chi connectivity index (χ2n) is 6.99. The van der Waals surface area contributed by atoms with E-state index in [0.717, 1.165) is 24.3 Å². The maximum Gasteiger partial charge on any atom is 0.573 e. The number of ether oxygens (including phenoxy) is 1. The average molecular weight is 495 g/mol. The molecule has 0 unspecified atom stereocenters. The van der Waals surface area contributed by atoms with E-state index in [1.807, 2.05) is 0 Å². The van der Waals surface area contributed by atoms with Crippen LogP contribution in [0.3, 0.4) is 0 Å². The van der Waals surface area contributed by atoms with E-state index in [0.29, 0.717) is 4.68 Å². The van der Waals surface area contributed by atoms with Crippen LogP contribution >= 0.6 is 11.6 Å². The number of aromatic nitrogens is 2. The summed E-state index contributed by atoms with van der Waals surface area (Å²) in [5, 5.41) is 8.55. The highest BCUT2D eigenvalue weighted by Crippen LogP contribution is 2.46. The number of nitrogens with one attached hydrogen (secondary N) is 2. The van der Waals surface area contributed by atoms with Gasteiger partial charge in [-0.1, -0.05) is 11.6 Å². The molecule has 7 nitrogen and oxygen atoms in total. The zero-order valence-electron chi connectivity index (χ0n) is 16.2. The van der Waals surface area contributed by atoms with Crippen LogP contribution in [0.25, 0.3) is 0 Å². The molecule has 4 rings (SSSR count). The molecule has 0 fully saturated rings. The standard InChI is InChI=1S/C19H13ClF6N4O3/c20-14-15(17(31)27-9-3-5-10(6-4-9)33-19(24,25)26)29-30-13(18(21,22)23)8-11(28-16(14)30)12-2-1-7-32-12/h1-7,11,13,28H,8H2,(H,27,31)/t11-,13+/m1/s1. The first-order valence-electron chi connectivity index (χ1n) is 9.24. The largest absolute Gasteiger partial charge is 0.573 e. The van der Waals surface area contributed by atoms with Crippen molar-refractivity contribution in [2.24, 2.45) is 0 Å². The number of furan rings is 1. The molecule has 176 valence electrons. The number of alkyl halides is 6. The Hall–Kier alpha value is -3.35. The molecule has 0 aliphatic carbocycles. The molecule has 33 heavy (non-hydrogen) atoms. The van der Waals surface area contributed by atoms with Crippen LogP contribution in [0, 0.1) is 0 Å². The fourth-order valence-corrected chi connectivity index (χ4v) is 3.61. The maximum atomic E-state index is 13.7. The molecule has 0 bridgehead atoms. The van der Waals surface area contributed by atoms with Gasteiger partial charge in [-0.3, -0.25) is 4.79 Å². The van der Waals surface area contributed by atoms with Gasteiger partial charge < -0.3 is 19.8 Å². The van der Waals surface area contributed by atoms with Crippen molar-refractivity contribution in [2.45, 2.75) is 31.0 Å². The Morgan fingerprint density at radius 1 is 1.18 bits per heavy atom. The highest BCUT2D eigenvalue weighted by molar-refractivity contribution is 6.36. The first-order valence-corrected chi connectivity index (χ1v) is 9.62. The summed E-state index contributed by atoms with van der Waals surface area (Å²) in [5.74, 6) is -1.44. The van der Waals surface area contributed by atoms with E-state index in [-0.39, 0.29) is 22.3 Å². The molecule has 2 atom stereocenters. The Balaban J connectivity index is 1.59. The predicted molar refractivity (Wildman–Crippen MR) is 103 cm³/mol. The van der Waals surface area contributed by atoms with Gasteiger partial charge in [-0.05, 0) is 36.4 Å². The normalized spacial score (nSPS) is 18.4. The van der Waals surface area contributed by atoms with E-state index in [2.05, 4.69) is 20.5 Å². The smallest absolute Gasteiger partial charge is 0.467 e. The lowest BCUT2D eigenvalue weighted by molar-refractivity contribution is -0.274. The Bertz CT molecular complexity index is 1140. The number of carbonyl (C=O) groups is 1. The summed E-state index contributed by atoms with van der Waals surface area (Å²) in [6.07, 6.45) is -8.72. The molecular formula is C19H13ClF6N4O3. The molecular weight excluding hydrogens is 482 g/mol. The first-order chi connectivity index (χ1) is 15.4. The highest BCUT2D eigenvalue weighted by Gasteiger charge is 2.48. The minimum atomic E-state index is -4.89. The second kappa shape index (κ2) is 8.21. The van der Waals surface area contributed by atoms with Gasteiger partial charge in [-0.2, -0.15) is 18.3 Å². The number of halogens is 7. The average Bonchev–Trinajstić information content (AvgIpc) is 3.36. The molecule has 2 aromatic heterocycles. The molecule has 1 aromatic carbocycles. The lowest BCUT2D eigenvalue weighted by Gasteiger charge is -2.32. The summed E-state index contributed by atoms with van der Waals surface area (Å²) in [6, 6.07) is 4.23. The maximum absolute atomic E-state index is 13.7. The molecule has 3 heterocycles. The monoisotopic (exact) mass is 494 g/mol. The minimum absolute atomic E-state index is 0.0466. The van der Waals surface area contributed by atoms with Crippen LogP contribution in [0.15, 0.2) is 47.1 Å². The summed E-state index contributed by atoms with van der Waals surface area (Å²) in [6.45, 7) is 0. The van der Waals surface area contributed by atoms with E-state index < -0.39 is 48.4 Å². The van der Waals surface area contributed by atoms with Crippen molar-refractivity contribution < 1.29 is 40.3 Å². The highest BCUT2D eigenvalue weighted by atomic mass is 35.5. The van der Waals surface area contributed by atoms with E-state index >= 15 is 0 Å². The van der Waals surface area contributed by atoms with Crippen molar-refractivity contribution in [3.8, 4) is 5.75 Å². The minimum Gasteiger partial charge on any atom is -0.467 e. The van der Waals surface area contributed by atoms with Gasteiger partial charge in [0.05, 0.1) is 12.3 Å². The fourth-order valence-electron chi connectivity index (χ4n) is 3.34. The van der Waals surface area contributed by atoms with Crippen LogP contribution in [0.1, 0.15) is 34.8 Å². The second-order valence-corrected chi connectivity index (χ2v) is 7.37. The van der Waals surface area contributed by atoms with Crippen LogP contribution < -0.4 is 15.4 Å². The zero-order valence-corrected chi connectivity index (χ0v) is 16.9. The molecule has 0 spiro atoms. The molecule has 1 aliphatic heterocycles. The van der Waals surface area contributed by atoms with Gasteiger partial charge in [0, 0.05) is 12.1 Å². The Labute approximate surface area is 186 Å². The van der Waals surface area contributed by atoms with Crippen molar-refractivity contribution in [3.63, 3.8) is 0 Å². The number of benzene rings is 1. The topological polar surface area (TPSA) is 81.3 Å². The lowest BCUT2D eigenvalue weighted by Crippen LogP contribution is -2.35. The summed E-state index contributed by atoms with van der Waals surface area (Å²) in [5.41, 5.74) is -0.450. The van der Waals surface area contributed by atoms with Gasteiger partial charge in [0.2, 0.25) is 0 Å². The number of rotatable bonds is 4. The molecule has 14 heteroatoms. The first kappa shape index (κ1) is 22.8. The van der Waals surface area contributed by atoms with Crippen LogP contribution in [0.4, 0.5) is 37.8 Å². The number of anilines is 2. The summed E-state index contributed by atoms with van der Waals surface area (Å²) >= 11 is 6.19. The van der Waals surface area contributed by atoms with Gasteiger partial charge >= 0.3 is 12.5 Å². The van der Waals surface area contributed by atoms with Crippen molar-refractivity contribution >= 4 is 29.0 Å². The van der Waals surface area contributed by atoms with Gasteiger partial charge in [-0.25, -0.2) is 4.68 Å². The van der Waals surface area contributed by atoms with E-state index in [1.165, 1.54) is 18.4 Å². The van der Waals surface area contributed by atoms with Gasteiger partial charge in [-0.15, -0.1) is 13.2 Å². The third kappa shape index (κ3) is 4.87. The molecule has 2 N–H and O–H groups in total. The Morgan fingerprint density at radius 3 is 2.45 bits per heavy atom. The summed E-state index contributed by atoms with van der Waals surface area (Å²) in [4.78, 5) is 12.6. The van der Waals surface area contributed by atoms with E-state index in [9.17, 15) is 31.1 Å². The lowest BCUT2D eigenvalue weighted by atomic mass is 10.0. The molecule has 1 amide bonds. The fraction of sp³-hybridized carbons (Fsp3) is 0.263. The van der Waals surface area contributed by atoms with E-state index in [4.69, 9.17) is 16.0 Å². The van der Waals surface area contributed by atoms with Gasteiger partial charge in [0.1, 0.15) is 22.4 Å². The number of fused-ring (bicyclic) bond motifs is 1. The van der Waals surface area contributed by atoms with Gasteiger partial charge in [0.25, 0.3) is 5.91 Å². The Kier molecular flexibility index (Phi) is 5.68. The molecule has 0 saturated heterocycles. The van der Waals surface area contributed by atoms with Gasteiger partial charge in [0.15, 0.2) is 11.7 Å². The van der Waals surface area contributed by atoms with Crippen LogP contribution in [0.5, 0.6) is 5.75 Å². The number of hydrogen-bond acceptors (Lipinski definition) is 5. The van der Waals surface area contributed by atoms with Crippen molar-refractivity contribution in [2.75, 3.05) is 10.6 Å². The number of carbonyl (C=O) groups excluding carboxylic acids is 1. The van der Waals surface area contributed by atoms with Crippen molar-refractivity contribution in [1.82, 2.24) is 9.78 Å². The van der Waals surface area contributed by atoms with E-state index in [1.54, 1.807) is 0 Å². The molecule has 0 radical (unpaired) electrons. The molecule has 3 aromatic rings. The SMILES string of the molecule is O=C(Nc1ccc(OC(F)(F)F)cc1)c1nn2c(c1Cl)N[C@@H](c1ccco1)C[C@H]2C(F)(F)F. The van der Waals surface area contributed by atoms with Crippen molar-refractivity contribution in [3.05, 3.63) is 59.1 Å². The number of nitrogens with zero attached hydrogens (tertiary/aromatic N) is 2. The third-order valence-corrected chi connectivity index (χ3v) is 5.10. The predicted octanol–water partition coefficient (Wildman–Crippen LogP) is 5.94. The number of hydrogen-bond donors (Lipinski definition) is 2. The van der Waals surface area contributed by atoms with Crippen LogP contribution in [-0.2, 0) is 0 Å². The van der Waals surface area contributed by atoms with Crippen LogP contribution in [-0.4, -0.2) is 28.2 Å². The quantitative estimate of drug-likeness (QED) is 0.439. The molecule has 0 saturated carbocycles. The summed E-state index contributed by atoms with van der Waals surface area (Å²) < 4.78 is 87.5.